The lowest BCUT2D eigenvalue weighted by Gasteiger charge is -2.50. The number of hydrogen-bond acceptors (Lipinski definition) is 18. The Morgan fingerprint density at radius 2 is 1.57 bits per heavy atom. The average Bonchev–Trinajstić information content (AvgIpc) is 3.03. The maximum absolute atomic E-state index is 12.6. The second kappa shape index (κ2) is 17.1. The number of amides is 1. The molecular weight excluding hydrogens is 640 g/mol. The highest BCUT2D eigenvalue weighted by atomic mass is 16.8. The largest absolute Gasteiger partial charge is 0.477 e. The van der Waals surface area contributed by atoms with Gasteiger partial charge in [0.1, 0.15) is 55.2 Å². The van der Waals surface area contributed by atoms with E-state index in [0.29, 0.717) is 6.29 Å². The van der Waals surface area contributed by atoms with Crippen LogP contribution in [-0.4, -0.2) is 187 Å². The molecule has 13 unspecified atom stereocenters. The maximum atomic E-state index is 12.6. The molecule has 12 N–H and O–H groups in total. The number of hydrogen-bond donors (Lipinski definition) is 12. The molecule has 3 saturated heterocycles. The van der Waals surface area contributed by atoms with Crippen molar-refractivity contribution in [2.24, 2.45) is 5.92 Å². The number of aliphatic hydroxyl groups is 9. The molecule has 0 aromatic rings. The number of aliphatic hydroxyl groups excluding tert-OH is 9. The molecule has 0 saturated carbocycles. The highest BCUT2D eigenvalue weighted by Gasteiger charge is 2.58. The first-order chi connectivity index (χ1) is 22.2. The lowest BCUT2D eigenvalue weighted by molar-refractivity contribution is -0.377. The molecule has 20 heteroatoms. The van der Waals surface area contributed by atoms with Crippen LogP contribution < -0.4 is 10.6 Å². The molecule has 0 aliphatic carbocycles. The van der Waals surface area contributed by atoms with Crippen molar-refractivity contribution in [2.75, 3.05) is 26.4 Å². The van der Waals surface area contributed by atoms with Crippen LogP contribution in [0.15, 0.2) is 0 Å². The van der Waals surface area contributed by atoms with E-state index in [0.717, 1.165) is 6.92 Å². The van der Waals surface area contributed by atoms with Gasteiger partial charge in [-0.1, -0.05) is 6.92 Å². The molecule has 0 aromatic carbocycles. The van der Waals surface area contributed by atoms with Gasteiger partial charge in [0.05, 0.1) is 56.8 Å². The van der Waals surface area contributed by atoms with Crippen molar-refractivity contribution in [2.45, 2.75) is 118 Å². The van der Waals surface area contributed by atoms with Gasteiger partial charge in [-0.15, -0.1) is 0 Å². The number of ether oxygens (including phenoxy) is 5. The molecule has 0 radical (unpaired) electrons. The topological polar surface area (TPSA) is 324 Å². The quantitative estimate of drug-likeness (QED) is 0.0712. The molecule has 0 bridgehead atoms. The minimum Gasteiger partial charge on any atom is -0.477 e. The zero-order valence-corrected chi connectivity index (χ0v) is 25.7. The molecule has 47 heavy (non-hydrogen) atoms. The molecule has 20 nitrogen and oxygen atoms in total. The summed E-state index contributed by atoms with van der Waals surface area (Å²) < 4.78 is 28.4. The minimum absolute atomic E-state index is 0.314. The Morgan fingerprint density at radius 1 is 0.957 bits per heavy atom. The van der Waals surface area contributed by atoms with E-state index < -0.39 is 142 Å². The summed E-state index contributed by atoms with van der Waals surface area (Å²) in [7, 11) is 0. The molecule has 3 aliphatic heterocycles. The van der Waals surface area contributed by atoms with Crippen LogP contribution in [0.1, 0.15) is 26.7 Å². The molecular formula is C27H46N2O18. The molecule has 3 rings (SSSR count). The van der Waals surface area contributed by atoms with Gasteiger partial charge in [0.15, 0.2) is 6.29 Å². The molecule has 3 aliphatic rings. The van der Waals surface area contributed by atoms with Gasteiger partial charge in [-0.25, -0.2) is 4.79 Å². The molecule has 272 valence electrons. The van der Waals surface area contributed by atoms with Crippen LogP contribution in [0.4, 0.5) is 0 Å². The lowest BCUT2D eigenvalue weighted by atomic mass is 9.85. The third-order valence-electron chi connectivity index (χ3n) is 8.50. The predicted molar refractivity (Wildman–Crippen MR) is 150 cm³/mol. The van der Waals surface area contributed by atoms with E-state index in [-0.39, 0.29) is 6.42 Å². The van der Waals surface area contributed by atoms with E-state index in [1.807, 2.05) is 0 Å². The number of carbonyl (C=O) groups is 3. The van der Waals surface area contributed by atoms with Gasteiger partial charge >= 0.3 is 5.97 Å². The molecule has 0 spiro atoms. The van der Waals surface area contributed by atoms with E-state index in [1.54, 1.807) is 0 Å². The fourth-order valence-corrected chi connectivity index (χ4v) is 5.81. The van der Waals surface area contributed by atoms with Crippen LogP contribution >= 0.6 is 0 Å². The standard InChI is InChI=1S/C27H46N2O18/c1-10-14(37)4-27(26(41)42,46-15(10)3-13(36)7-32)47-23-20(39)17(9-34)44-25(21(23)40)45-22-18(28-11(2)35)24(29-12(5-30)6-31)43-16(8-33)19(22)38/h5,10,12-25,29,31-34,36-40H,3-4,6-9H2,1-2H3,(H,28,35)(H,41,42)/t10?,12-,13+,14?,15?,16?,17?,18?,19?,20?,21?,22?,23?,24+,25?,27?/m1/s1. The summed E-state index contributed by atoms with van der Waals surface area (Å²) in [6, 6.07) is -2.62. The van der Waals surface area contributed by atoms with Crippen molar-refractivity contribution < 1.29 is 89.1 Å². The van der Waals surface area contributed by atoms with Crippen molar-refractivity contribution >= 4 is 18.2 Å². The summed E-state index contributed by atoms with van der Waals surface area (Å²) in [5.41, 5.74) is 0. The number of carboxylic acids is 1. The lowest BCUT2D eigenvalue weighted by Crippen LogP contribution is -2.71. The van der Waals surface area contributed by atoms with Gasteiger partial charge in [-0.2, -0.15) is 0 Å². The van der Waals surface area contributed by atoms with Crippen molar-refractivity contribution in [3.63, 3.8) is 0 Å². The molecule has 0 aromatic heterocycles. The van der Waals surface area contributed by atoms with Gasteiger partial charge in [0.25, 0.3) is 5.79 Å². The van der Waals surface area contributed by atoms with Crippen LogP contribution in [0, 0.1) is 5.92 Å². The number of carbonyl (C=O) groups excluding carboxylic acids is 2. The molecule has 16 atom stereocenters. The van der Waals surface area contributed by atoms with Crippen LogP contribution in [0.3, 0.4) is 0 Å². The third kappa shape index (κ3) is 8.98. The van der Waals surface area contributed by atoms with Crippen molar-refractivity contribution in [1.29, 1.82) is 0 Å². The second-order valence-corrected chi connectivity index (χ2v) is 11.9. The Kier molecular flexibility index (Phi) is 14.3. The Labute approximate surface area is 268 Å². The van der Waals surface area contributed by atoms with Crippen molar-refractivity contribution in [3.05, 3.63) is 0 Å². The van der Waals surface area contributed by atoms with Crippen LogP contribution in [0.5, 0.6) is 0 Å². The zero-order valence-electron chi connectivity index (χ0n) is 25.7. The van der Waals surface area contributed by atoms with Gasteiger partial charge in [-0.3, -0.25) is 10.1 Å². The number of rotatable bonds is 15. The molecule has 3 fully saturated rings. The van der Waals surface area contributed by atoms with Crippen LogP contribution in [0.2, 0.25) is 0 Å². The van der Waals surface area contributed by atoms with Crippen LogP contribution in [0.25, 0.3) is 0 Å². The van der Waals surface area contributed by atoms with Gasteiger partial charge in [0, 0.05) is 25.7 Å². The highest BCUT2D eigenvalue weighted by molar-refractivity contribution is 5.76. The summed E-state index contributed by atoms with van der Waals surface area (Å²) in [5, 5.41) is 108. The summed E-state index contributed by atoms with van der Waals surface area (Å²) in [6.45, 7) is -0.508. The Balaban J connectivity index is 1.96. The first kappa shape index (κ1) is 39.4. The number of carboxylic acid groups (broad SMARTS) is 1. The second-order valence-electron chi connectivity index (χ2n) is 11.9. The molecule has 1 amide bonds. The van der Waals surface area contributed by atoms with E-state index in [9.17, 15) is 65.4 Å². The SMILES string of the molecule is CC(=O)NC1C(OC2OC(CO)C(O)C(OC3(C(=O)O)CC(O)C(C)C(C[C@H](O)CO)O3)C2O)C(O)C(CO)O[C@@H]1N[C@H](C=O)CO. The smallest absolute Gasteiger partial charge is 0.364 e. The first-order valence-electron chi connectivity index (χ1n) is 15.0. The predicted octanol–water partition coefficient (Wildman–Crippen LogP) is -6.76. The normalized spacial score (nSPS) is 42.3. The van der Waals surface area contributed by atoms with Crippen molar-refractivity contribution in [3.8, 4) is 0 Å². The average molecular weight is 687 g/mol. The van der Waals surface area contributed by atoms with E-state index >= 15 is 0 Å². The van der Waals surface area contributed by atoms with Gasteiger partial charge < -0.3 is 84.9 Å². The van der Waals surface area contributed by atoms with Gasteiger partial charge in [0.2, 0.25) is 5.91 Å². The van der Waals surface area contributed by atoms with E-state index in [2.05, 4.69) is 10.6 Å². The fraction of sp³-hybridized carbons (Fsp3) is 0.889. The van der Waals surface area contributed by atoms with E-state index in [4.69, 9.17) is 23.7 Å². The minimum atomic E-state index is -2.73. The summed E-state index contributed by atoms with van der Waals surface area (Å²) in [5.74, 6) is -5.94. The fourth-order valence-electron chi connectivity index (χ4n) is 5.81. The van der Waals surface area contributed by atoms with Gasteiger partial charge in [-0.05, 0) is 0 Å². The van der Waals surface area contributed by atoms with E-state index in [1.165, 1.54) is 6.92 Å². The maximum Gasteiger partial charge on any atom is 0.364 e. The zero-order chi connectivity index (χ0) is 35.2. The third-order valence-corrected chi connectivity index (χ3v) is 8.50. The number of aliphatic carboxylic acids is 1. The van der Waals surface area contributed by atoms with Crippen LogP contribution in [-0.2, 0) is 38.1 Å². The summed E-state index contributed by atoms with van der Waals surface area (Å²) in [4.78, 5) is 36.1. The first-order valence-corrected chi connectivity index (χ1v) is 15.0. The Morgan fingerprint density at radius 3 is 2.11 bits per heavy atom. The number of nitrogens with one attached hydrogen (secondary N) is 2. The molecule has 3 heterocycles. The number of aldehydes is 1. The Bertz CT molecular complexity index is 1040. The highest BCUT2D eigenvalue weighted by Crippen LogP contribution is 2.39. The summed E-state index contributed by atoms with van der Waals surface area (Å²) in [6.07, 6.45) is -20.4. The monoisotopic (exact) mass is 686 g/mol. The Hall–Kier alpha value is -1.99. The van der Waals surface area contributed by atoms with Crippen molar-refractivity contribution in [1.82, 2.24) is 10.6 Å². The summed E-state index contributed by atoms with van der Waals surface area (Å²) >= 11 is 0.